The zero-order valence-corrected chi connectivity index (χ0v) is 16.6. The summed E-state index contributed by atoms with van der Waals surface area (Å²) in [4.78, 5) is 12.2. The van der Waals surface area contributed by atoms with Crippen molar-refractivity contribution in [2.45, 2.75) is 17.9 Å². The Morgan fingerprint density at radius 2 is 1.81 bits per heavy atom. The molecule has 0 aromatic heterocycles. The molecule has 9 heteroatoms. The summed E-state index contributed by atoms with van der Waals surface area (Å²) in [5.74, 6) is -2.41. The van der Waals surface area contributed by atoms with Gasteiger partial charge in [0, 0.05) is 30.2 Å². The lowest BCUT2D eigenvalue weighted by Gasteiger charge is -2.16. The van der Waals surface area contributed by atoms with Crippen LogP contribution < -0.4 is 0 Å². The number of hydrogen-bond donors (Lipinski definition) is 0. The molecule has 0 saturated heterocycles. The number of carbonyl (C=O) groups excluding carboxylic acids is 1. The topological polar surface area (TPSA) is 63.7 Å². The number of carbonyl (C=O) groups is 1. The summed E-state index contributed by atoms with van der Waals surface area (Å²) in [6.45, 7) is 1.44. The minimum absolute atomic E-state index is 0.0111. The molecule has 2 rings (SSSR count). The van der Waals surface area contributed by atoms with Gasteiger partial charge in [-0.15, -0.1) is 0 Å². The van der Waals surface area contributed by atoms with E-state index in [1.807, 2.05) is 0 Å². The van der Waals surface area contributed by atoms with Gasteiger partial charge in [-0.1, -0.05) is 0 Å². The normalized spacial score (nSPS) is 12.9. The molecule has 0 spiro atoms. The summed E-state index contributed by atoms with van der Waals surface area (Å²) < 4.78 is 57.9. The van der Waals surface area contributed by atoms with Gasteiger partial charge in [-0.3, -0.25) is 0 Å². The molecule has 0 radical (unpaired) electrons. The number of rotatable bonds is 5. The van der Waals surface area contributed by atoms with E-state index in [-0.39, 0.29) is 16.0 Å². The first-order valence-corrected chi connectivity index (χ1v) is 9.65. The summed E-state index contributed by atoms with van der Waals surface area (Å²) >= 11 is 3.14. The molecule has 1 atom stereocenters. The second kappa shape index (κ2) is 7.81. The minimum atomic E-state index is -3.78. The quantitative estimate of drug-likeness (QED) is 0.652. The molecular formula is C17H16BrF2NO4S. The Morgan fingerprint density at radius 1 is 1.15 bits per heavy atom. The van der Waals surface area contributed by atoms with E-state index in [4.69, 9.17) is 4.74 Å². The van der Waals surface area contributed by atoms with Crippen LogP contribution in [0.3, 0.4) is 0 Å². The number of esters is 1. The van der Waals surface area contributed by atoms with Crippen LogP contribution in [0.15, 0.2) is 45.8 Å². The van der Waals surface area contributed by atoms with Crippen molar-refractivity contribution in [1.29, 1.82) is 0 Å². The zero-order valence-electron chi connectivity index (χ0n) is 14.2. The third-order valence-electron chi connectivity index (χ3n) is 3.61. The first kappa shape index (κ1) is 20.5. The summed E-state index contributed by atoms with van der Waals surface area (Å²) in [7, 11) is -1.04. The lowest BCUT2D eigenvalue weighted by atomic mass is 10.1. The highest BCUT2D eigenvalue weighted by Gasteiger charge is 2.24. The molecule has 0 N–H and O–H groups in total. The van der Waals surface area contributed by atoms with Gasteiger partial charge in [0.15, 0.2) is 0 Å². The van der Waals surface area contributed by atoms with Gasteiger partial charge in [0.1, 0.15) is 17.7 Å². The van der Waals surface area contributed by atoms with Gasteiger partial charge in [-0.25, -0.2) is 26.3 Å². The molecule has 140 valence electrons. The number of halogens is 3. The Morgan fingerprint density at radius 3 is 2.38 bits per heavy atom. The third-order valence-corrected chi connectivity index (χ3v) is 6.42. The molecule has 0 aliphatic rings. The van der Waals surface area contributed by atoms with Crippen molar-refractivity contribution in [3.8, 4) is 0 Å². The smallest absolute Gasteiger partial charge is 0.338 e. The predicted molar refractivity (Wildman–Crippen MR) is 95.2 cm³/mol. The highest BCUT2D eigenvalue weighted by atomic mass is 79.9. The largest absolute Gasteiger partial charge is 0.454 e. The first-order valence-electron chi connectivity index (χ1n) is 7.42. The number of hydrogen-bond acceptors (Lipinski definition) is 4. The number of sulfonamides is 1. The van der Waals surface area contributed by atoms with Crippen LogP contribution in [0.25, 0.3) is 0 Å². The van der Waals surface area contributed by atoms with Crippen LogP contribution >= 0.6 is 15.9 Å². The van der Waals surface area contributed by atoms with E-state index in [1.54, 1.807) is 0 Å². The zero-order chi connectivity index (χ0) is 19.6. The van der Waals surface area contributed by atoms with Gasteiger partial charge in [-0.05, 0) is 53.2 Å². The molecule has 2 aromatic carbocycles. The van der Waals surface area contributed by atoms with Gasteiger partial charge in [0.05, 0.1) is 10.5 Å². The molecule has 26 heavy (non-hydrogen) atoms. The molecule has 0 saturated carbocycles. The average molecular weight is 448 g/mol. The van der Waals surface area contributed by atoms with Crippen molar-refractivity contribution in [1.82, 2.24) is 4.31 Å². The fourth-order valence-electron chi connectivity index (χ4n) is 2.15. The monoisotopic (exact) mass is 447 g/mol. The lowest BCUT2D eigenvalue weighted by Crippen LogP contribution is -2.23. The van der Waals surface area contributed by atoms with E-state index in [9.17, 15) is 22.0 Å². The summed E-state index contributed by atoms with van der Waals surface area (Å²) in [5.41, 5.74) is 0.000919. The Kier molecular flexibility index (Phi) is 6.15. The minimum Gasteiger partial charge on any atom is -0.454 e. The van der Waals surface area contributed by atoms with Crippen molar-refractivity contribution in [3.63, 3.8) is 0 Å². The van der Waals surface area contributed by atoms with Gasteiger partial charge in [0.25, 0.3) is 0 Å². The van der Waals surface area contributed by atoms with Crippen molar-refractivity contribution < 1.29 is 26.7 Å². The Hall–Kier alpha value is -1.84. The number of ether oxygens (including phenoxy) is 1. The van der Waals surface area contributed by atoms with Gasteiger partial charge < -0.3 is 4.74 Å². The molecule has 0 fully saturated rings. The fraction of sp³-hybridized carbons (Fsp3) is 0.235. The predicted octanol–water partition coefficient (Wildman–Crippen LogP) is 3.90. The van der Waals surface area contributed by atoms with Crippen LogP contribution in [0.1, 0.15) is 28.9 Å². The van der Waals surface area contributed by atoms with Crippen LogP contribution in [0.5, 0.6) is 0 Å². The highest BCUT2D eigenvalue weighted by molar-refractivity contribution is 9.10. The van der Waals surface area contributed by atoms with E-state index in [1.165, 1.54) is 45.3 Å². The van der Waals surface area contributed by atoms with E-state index in [2.05, 4.69) is 15.9 Å². The standard InChI is InChI=1S/C17H16BrF2NO4S/c1-10(13-6-5-12(19)9-15(13)20)25-17(22)11-4-7-14(18)16(8-11)26(23,24)21(2)3/h4-10H,1-3H3. The summed E-state index contributed by atoms with van der Waals surface area (Å²) in [6, 6.07) is 6.91. The molecule has 5 nitrogen and oxygen atoms in total. The van der Waals surface area contributed by atoms with Crippen LogP contribution in [0.2, 0.25) is 0 Å². The Balaban J connectivity index is 2.30. The van der Waals surface area contributed by atoms with Crippen LogP contribution in [-0.4, -0.2) is 32.8 Å². The van der Waals surface area contributed by atoms with Gasteiger partial charge in [-0.2, -0.15) is 0 Å². The first-order chi connectivity index (χ1) is 12.0. The molecule has 0 bridgehead atoms. The molecule has 0 aliphatic heterocycles. The molecule has 1 unspecified atom stereocenters. The van der Waals surface area contributed by atoms with Crippen LogP contribution in [0, 0.1) is 11.6 Å². The van der Waals surface area contributed by atoms with Gasteiger partial charge in [0.2, 0.25) is 10.0 Å². The fourth-order valence-corrected chi connectivity index (χ4v) is 3.99. The third kappa shape index (κ3) is 4.28. The van der Waals surface area contributed by atoms with E-state index >= 15 is 0 Å². The highest BCUT2D eigenvalue weighted by Crippen LogP contribution is 2.27. The Labute approximate surface area is 158 Å². The van der Waals surface area contributed by atoms with Crippen LogP contribution in [0.4, 0.5) is 8.78 Å². The van der Waals surface area contributed by atoms with Crippen molar-refractivity contribution >= 4 is 31.9 Å². The maximum absolute atomic E-state index is 13.8. The van der Waals surface area contributed by atoms with E-state index in [0.29, 0.717) is 10.5 Å². The SMILES string of the molecule is CC(OC(=O)c1ccc(Br)c(S(=O)(=O)N(C)C)c1)c1ccc(F)cc1F. The summed E-state index contributed by atoms with van der Waals surface area (Å²) in [5, 5.41) is 0. The molecular weight excluding hydrogens is 432 g/mol. The van der Waals surface area contributed by atoms with Crippen LogP contribution in [-0.2, 0) is 14.8 Å². The van der Waals surface area contributed by atoms with Crippen molar-refractivity contribution in [3.05, 3.63) is 63.6 Å². The van der Waals surface area contributed by atoms with Crippen molar-refractivity contribution in [2.75, 3.05) is 14.1 Å². The number of nitrogens with zero attached hydrogens (tertiary/aromatic N) is 1. The van der Waals surface area contributed by atoms with E-state index < -0.39 is 33.7 Å². The maximum Gasteiger partial charge on any atom is 0.338 e. The maximum atomic E-state index is 13.8. The Bertz CT molecular complexity index is 948. The molecule has 2 aromatic rings. The number of benzene rings is 2. The summed E-state index contributed by atoms with van der Waals surface area (Å²) in [6.07, 6.45) is -0.986. The second-order valence-electron chi connectivity index (χ2n) is 5.65. The van der Waals surface area contributed by atoms with Crippen molar-refractivity contribution in [2.24, 2.45) is 0 Å². The molecule has 0 aliphatic carbocycles. The average Bonchev–Trinajstić information content (AvgIpc) is 2.54. The van der Waals surface area contributed by atoms with Gasteiger partial charge >= 0.3 is 5.97 Å². The molecule has 0 amide bonds. The second-order valence-corrected chi connectivity index (χ2v) is 8.62. The lowest BCUT2D eigenvalue weighted by molar-refractivity contribution is 0.0331. The van der Waals surface area contributed by atoms with E-state index in [0.717, 1.165) is 10.4 Å². The molecule has 0 heterocycles.